The standard InChI is InChI=1S/C12H16N2O4/c1-12(2,10(15)16)14-11(17)13-8-6-4-5-7-9(8)18-3/h4-7H,1-3H3,(H,15,16)(H2,13,14,17). The Bertz CT molecular complexity index is 457. The van der Waals surface area contributed by atoms with Gasteiger partial charge in [0, 0.05) is 0 Å². The summed E-state index contributed by atoms with van der Waals surface area (Å²) in [5.41, 5.74) is -0.870. The maximum absolute atomic E-state index is 11.7. The lowest BCUT2D eigenvalue weighted by molar-refractivity contribution is -0.142. The summed E-state index contributed by atoms with van der Waals surface area (Å²) >= 11 is 0. The van der Waals surface area contributed by atoms with Crippen molar-refractivity contribution < 1.29 is 19.4 Å². The Hall–Kier alpha value is -2.24. The zero-order chi connectivity index (χ0) is 13.8. The van der Waals surface area contributed by atoms with E-state index in [1.165, 1.54) is 21.0 Å². The lowest BCUT2D eigenvalue weighted by Gasteiger charge is -2.21. The molecule has 1 aromatic rings. The Balaban J connectivity index is 2.74. The maximum atomic E-state index is 11.7. The summed E-state index contributed by atoms with van der Waals surface area (Å²) in [5.74, 6) is -0.613. The fraction of sp³-hybridized carbons (Fsp3) is 0.333. The molecule has 0 aliphatic heterocycles. The Morgan fingerprint density at radius 3 is 2.44 bits per heavy atom. The molecule has 0 radical (unpaired) electrons. The molecule has 0 saturated heterocycles. The van der Waals surface area contributed by atoms with Crippen molar-refractivity contribution in [2.45, 2.75) is 19.4 Å². The summed E-state index contributed by atoms with van der Waals surface area (Å²) in [6.07, 6.45) is 0. The lowest BCUT2D eigenvalue weighted by atomic mass is 10.1. The summed E-state index contributed by atoms with van der Waals surface area (Å²) in [6.45, 7) is 2.80. The van der Waals surface area contributed by atoms with Gasteiger partial charge in [-0.1, -0.05) is 12.1 Å². The molecule has 0 aromatic heterocycles. The van der Waals surface area contributed by atoms with Crippen molar-refractivity contribution >= 4 is 17.7 Å². The maximum Gasteiger partial charge on any atom is 0.328 e. The number of carboxylic acid groups (broad SMARTS) is 1. The van der Waals surface area contributed by atoms with Gasteiger partial charge in [0.1, 0.15) is 11.3 Å². The van der Waals surface area contributed by atoms with Crippen LogP contribution >= 0.6 is 0 Å². The molecule has 6 heteroatoms. The van der Waals surface area contributed by atoms with Gasteiger partial charge in [0.05, 0.1) is 12.8 Å². The van der Waals surface area contributed by atoms with E-state index in [1.54, 1.807) is 24.3 Å². The molecule has 3 N–H and O–H groups in total. The van der Waals surface area contributed by atoms with E-state index in [2.05, 4.69) is 10.6 Å². The zero-order valence-corrected chi connectivity index (χ0v) is 10.5. The first-order chi connectivity index (χ1) is 8.36. The molecule has 0 bridgehead atoms. The number of hydrogen-bond acceptors (Lipinski definition) is 3. The normalized spacial score (nSPS) is 10.6. The van der Waals surface area contributed by atoms with Crippen LogP contribution in [0.2, 0.25) is 0 Å². The van der Waals surface area contributed by atoms with Crippen molar-refractivity contribution in [2.24, 2.45) is 0 Å². The fourth-order valence-electron chi connectivity index (χ4n) is 1.24. The number of benzene rings is 1. The molecule has 98 valence electrons. The molecule has 0 fully saturated rings. The molecule has 0 aliphatic rings. The first kappa shape index (κ1) is 13.8. The van der Waals surface area contributed by atoms with E-state index in [0.717, 1.165) is 0 Å². The van der Waals surface area contributed by atoms with E-state index in [1.807, 2.05) is 0 Å². The molecule has 2 amide bonds. The van der Waals surface area contributed by atoms with Crippen LogP contribution in [0.1, 0.15) is 13.8 Å². The fourth-order valence-corrected chi connectivity index (χ4v) is 1.24. The third kappa shape index (κ3) is 3.38. The van der Waals surface area contributed by atoms with Gasteiger partial charge >= 0.3 is 12.0 Å². The van der Waals surface area contributed by atoms with Crippen LogP contribution in [0.3, 0.4) is 0 Å². The van der Waals surface area contributed by atoms with Crippen molar-refractivity contribution in [3.63, 3.8) is 0 Å². The van der Waals surface area contributed by atoms with Gasteiger partial charge in [-0.2, -0.15) is 0 Å². The van der Waals surface area contributed by atoms with Gasteiger partial charge in [-0.05, 0) is 26.0 Å². The molecule has 1 aromatic carbocycles. The minimum Gasteiger partial charge on any atom is -0.495 e. The van der Waals surface area contributed by atoms with Gasteiger partial charge in [0.15, 0.2) is 0 Å². The van der Waals surface area contributed by atoms with Gasteiger partial charge in [0.25, 0.3) is 0 Å². The topological polar surface area (TPSA) is 87.7 Å². The van der Waals surface area contributed by atoms with Crippen LogP contribution in [-0.4, -0.2) is 29.8 Å². The third-order valence-corrected chi connectivity index (χ3v) is 2.32. The number of hydrogen-bond donors (Lipinski definition) is 3. The second-order valence-corrected chi connectivity index (χ2v) is 4.21. The number of para-hydroxylation sites is 2. The summed E-state index contributed by atoms with van der Waals surface area (Å²) in [5, 5.41) is 13.8. The quantitative estimate of drug-likeness (QED) is 0.760. The summed E-state index contributed by atoms with van der Waals surface area (Å²) < 4.78 is 5.06. The van der Waals surface area contributed by atoms with E-state index in [9.17, 15) is 9.59 Å². The number of carbonyl (C=O) groups excluding carboxylic acids is 1. The zero-order valence-electron chi connectivity index (χ0n) is 10.5. The number of amides is 2. The Morgan fingerprint density at radius 2 is 1.89 bits per heavy atom. The molecule has 0 unspecified atom stereocenters. The Kier molecular flexibility index (Phi) is 4.14. The van der Waals surface area contributed by atoms with Crippen LogP contribution in [-0.2, 0) is 4.79 Å². The van der Waals surface area contributed by atoms with E-state index in [0.29, 0.717) is 11.4 Å². The predicted octanol–water partition coefficient (Wildman–Crippen LogP) is 1.68. The molecule has 18 heavy (non-hydrogen) atoms. The van der Waals surface area contributed by atoms with Gasteiger partial charge < -0.3 is 20.5 Å². The van der Waals surface area contributed by atoms with Crippen molar-refractivity contribution in [2.75, 3.05) is 12.4 Å². The average Bonchev–Trinajstić information content (AvgIpc) is 2.28. The highest BCUT2D eigenvalue weighted by Gasteiger charge is 2.29. The minimum atomic E-state index is -1.34. The third-order valence-electron chi connectivity index (χ3n) is 2.32. The van der Waals surface area contributed by atoms with Crippen LogP contribution in [0.15, 0.2) is 24.3 Å². The minimum absolute atomic E-state index is 0.471. The highest BCUT2D eigenvalue weighted by molar-refractivity contribution is 5.94. The first-order valence-corrected chi connectivity index (χ1v) is 5.32. The van der Waals surface area contributed by atoms with Crippen LogP contribution in [0.5, 0.6) is 5.75 Å². The molecular formula is C12H16N2O4. The molecule has 0 spiro atoms. The predicted molar refractivity (Wildman–Crippen MR) is 66.9 cm³/mol. The summed E-state index contributed by atoms with van der Waals surface area (Å²) in [6, 6.07) is 6.25. The van der Waals surface area contributed by atoms with Crippen LogP contribution in [0, 0.1) is 0 Å². The van der Waals surface area contributed by atoms with Crippen molar-refractivity contribution in [1.29, 1.82) is 0 Å². The van der Waals surface area contributed by atoms with E-state index in [-0.39, 0.29) is 0 Å². The number of anilines is 1. The molecule has 0 heterocycles. The average molecular weight is 252 g/mol. The van der Waals surface area contributed by atoms with Gasteiger partial charge in [0.2, 0.25) is 0 Å². The molecular weight excluding hydrogens is 236 g/mol. The number of aliphatic carboxylic acids is 1. The van der Waals surface area contributed by atoms with E-state index < -0.39 is 17.5 Å². The van der Waals surface area contributed by atoms with Gasteiger partial charge in [-0.3, -0.25) is 0 Å². The van der Waals surface area contributed by atoms with Gasteiger partial charge in [-0.15, -0.1) is 0 Å². The van der Waals surface area contributed by atoms with Crippen molar-refractivity contribution in [3.05, 3.63) is 24.3 Å². The monoisotopic (exact) mass is 252 g/mol. The second kappa shape index (κ2) is 5.39. The van der Waals surface area contributed by atoms with Crippen LogP contribution < -0.4 is 15.4 Å². The van der Waals surface area contributed by atoms with Gasteiger partial charge in [-0.25, -0.2) is 9.59 Å². The number of ether oxygens (including phenoxy) is 1. The van der Waals surface area contributed by atoms with Crippen LogP contribution in [0.4, 0.5) is 10.5 Å². The Morgan fingerprint density at radius 1 is 1.28 bits per heavy atom. The SMILES string of the molecule is COc1ccccc1NC(=O)NC(C)(C)C(=O)O. The lowest BCUT2D eigenvalue weighted by Crippen LogP contribution is -2.51. The van der Waals surface area contributed by atoms with Crippen molar-refractivity contribution in [1.82, 2.24) is 5.32 Å². The summed E-state index contributed by atoms with van der Waals surface area (Å²) in [7, 11) is 1.49. The number of carbonyl (C=O) groups is 2. The number of methoxy groups -OCH3 is 1. The van der Waals surface area contributed by atoms with E-state index in [4.69, 9.17) is 9.84 Å². The number of urea groups is 1. The van der Waals surface area contributed by atoms with Crippen molar-refractivity contribution in [3.8, 4) is 5.75 Å². The molecule has 1 rings (SSSR count). The molecule has 0 aliphatic carbocycles. The smallest absolute Gasteiger partial charge is 0.328 e. The first-order valence-electron chi connectivity index (χ1n) is 5.32. The van der Waals surface area contributed by atoms with Crippen LogP contribution in [0.25, 0.3) is 0 Å². The second-order valence-electron chi connectivity index (χ2n) is 4.21. The molecule has 0 atom stereocenters. The largest absolute Gasteiger partial charge is 0.495 e. The number of rotatable bonds is 4. The van der Waals surface area contributed by atoms with E-state index >= 15 is 0 Å². The number of carboxylic acids is 1. The highest BCUT2D eigenvalue weighted by atomic mass is 16.5. The summed E-state index contributed by atoms with van der Waals surface area (Å²) in [4.78, 5) is 22.5. The highest BCUT2D eigenvalue weighted by Crippen LogP contribution is 2.22. The Labute approximate surface area is 105 Å². The molecule has 6 nitrogen and oxygen atoms in total. The molecule has 0 saturated carbocycles. The number of nitrogens with one attached hydrogen (secondary N) is 2.